The van der Waals surface area contributed by atoms with Gasteiger partial charge in [0.2, 0.25) is 11.8 Å². The van der Waals surface area contributed by atoms with Gasteiger partial charge in [-0.1, -0.05) is 32.9 Å². The van der Waals surface area contributed by atoms with Gasteiger partial charge in [0.05, 0.1) is 11.4 Å². The minimum Gasteiger partial charge on any atom is -0.396 e. The lowest BCUT2D eigenvalue weighted by Gasteiger charge is -2.12. The maximum Gasteiger partial charge on any atom is 0.236 e. The van der Waals surface area contributed by atoms with Crippen LogP contribution in [0.1, 0.15) is 33.4 Å². The number of nitrogens with zero attached hydrogens (tertiary/aromatic N) is 1. The van der Waals surface area contributed by atoms with Crippen LogP contribution >= 0.6 is 11.8 Å². The van der Waals surface area contributed by atoms with Crippen molar-refractivity contribution in [3.8, 4) is 0 Å². The number of rotatable bonds is 6. The Morgan fingerprint density at radius 2 is 2.26 bits per heavy atom. The monoisotopic (exact) mass is 286 g/mol. The number of carbonyl (C=O) groups excluding carboxylic acids is 1. The maximum absolute atomic E-state index is 11.7. The summed E-state index contributed by atoms with van der Waals surface area (Å²) < 4.78 is 5.08. The molecule has 6 heteroatoms. The summed E-state index contributed by atoms with van der Waals surface area (Å²) in [6, 6.07) is 1.75. The third-order valence-electron chi connectivity index (χ3n) is 2.49. The second-order valence-corrected chi connectivity index (χ2v) is 6.71. The largest absolute Gasteiger partial charge is 0.396 e. The molecule has 0 aliphatic heterocycles. The summed E-state index contributed by atoms with van der Waals surface area (Å²) in [6.45, 7) is 8.18. The number of thioether (sulfide) groups is 1. The summed E-state index contributed by atoms with van der Waals surface area (Å²) in [5, 5.41) is 15.5. The van der Waals surface area contributed by atoms with E-state index >= 15 is 0 Å². The smallest absolute Gasteiger partial charge is 0.236 e. The van der Waals surface area contributed by atoms with Crippen molar-refractivity contribution in [2.24, 2.45) is 5.92 Å². The summed E-state index contributed by atoms with van der Waals surface area (Å²) >= 11 is 1.49. The second-order valence-electron chi connectivity index (χ2n) is 5.68. The molecular formula is C13H22N2O3S. The first kappa shape index (κ1) is 16.0. The summed E-state index contributed by atoms with van der Waals surface area (Å²) in [4.78, 5) is 11.7. The zero-order valence-electron chi connectivity index (χ0n) is 11.9. The van der Waals surface area contributed by atoms with E-state index in [0.717, 1.165) is 11.4 Å². The Kier molecular flexibility index (Phi) is 5.87. The average molecular weight is 286 g/mol. The SMILES string of the molecule is CC(CO)CSCC(=O)Nc1cc(C(C)(C)C)no1. The molecule has 1 rings (SSSR count). The normalized spacial score (nSPS) is 13.3. The highest BCUT2D eigenvalue weighted by atomic mass is 32.2. The molecule has 0 spiro atoms. The Bertz CT molecular complexity index is 412. The van der Waals surface area contributed by atoms with Crippen molar-refractivity contribution in [3.63, 3.8) is 0 Å². The first-order valence-corrected chi connectivity index (χ1v) is 7.44. The van der Waals surface area contributed by atoms with Crippen LogP contribution in [0.2, 0.25) is 0 Å². The van der Waals surface area contributed by atoms with Crippen LogP contribution in [0.25, 0.3) is 0 Å². The van der Waals surface area contributed by atoms with Crippen LogP contribution in [0.15, 0.2) is 10.6 Å². The molecule has 1 unspecified atom stereocenters. The molecule has 5 nitrogen and oxygen atoms in total. The number of amides is 1. The molecule has 0 aliphatic carbocycles. The van der Waals surface area contributed by atoms with Crippen molar-refractivity contribution in [2.45, 2.75) is 33.1 Å². The summed E-state index contributed by atoms with van der Waals surface area (Å²) in [5.74, 6) is 1.57. The number of aromatic nitrogens is 1. The van der Waals surface area contributed by atoms with Crippen LogP contribution in [0.4, 0.5) is 5.88 Å². The number of hydrogen-bond acceptors (Lipinski definition) is 5. The Morgan fingerprint density at radius 3 is 2.79 bits per heavy atom. The molecule has 108 valence electrons. The number of hydrogen-bond donors (Lipinski definition) is 2. The van der Waals surface area contributed by atoms with Gasteiger partial charge in [-0.3, -0.25) is 10.1 Å². The zero-order valence-corrected chi connectivity index (χ0v) is 12.7. The van der Waals surface area contributed by atoms with Crippen molar-refractivity contribution in [1.82, 2.24) is 5.16 Å². The van der Waals surface area contributed by atoms with Crippen LogP contribution in [0, 0.1) is 5.92 Å². The van der Waals surface area contributed by atoms with Gasteiger partial charge in [-0.25, -0.2) is 0 Å². The van der Waals surface area contributed by atoms with Gasteiger partial charge in [0.1, 0.15) is 0 Å². The third-order valence-corrected chi connectivity index (χ3v) is 3.76. The summed E-state index contributed by atoms with van der Waals surface area (Å²) in [5.41, 5.74) is 0.710. The highest BCUT2D eigenvalue weighted by Crippen LogP contribution is 2.23. The van der Waals surface area contributed by atoms with E-state index in [1.54, 1.807) is 6.07 Å². The van der Waals surface area contributed by atoms with Crippen LogP contribution < -0.4 is 5.32 Å². The van der Waals surface area contributed by atoms with Crippen LogP contribution in [-0.2, 0) is 10.2 Å². The minimum absolute atomic E-state index is 0.0994. The third kappa shape index (κ3) is 5.65. The maximum atomic E-state index is 11.7. The van der Waals surface area contributed by atoms with Crippen LogP contribution in [-0.4, -0.2) is 34.3 Å². The van der Waals surface area contributed by atoms with Crippen molar-refractivity contribution in [3.05, 3.63) is 11.8 Å². The van der Waals surface area contributed by atoms with Gasteiger partial charge in [0, 0.05) is 18.1 Å². The Morgan fingerprint density at radius 1 is 1.58 bits per heavy atom. The molecule has 0 bridgehead atoms. The number of anilines is 1. The molecule has 0 saturated heterocycles. The molecule has 1 amide bonds. The standard InChI is InChI=1S/C13H22N2O3S/c1-9(6-16)7-19-8-11(17)14-12-5-10(15-18-12)13(2,3)4/h5,9,16H,6-8H2,1-4H3,(H,14,17). The molecule has 1 aromatic rings. The number of aliphatic hydroxyl groups excluding tert-OH is 1. The molecule has 0 radical (unpaired) electrons. The van der Waals surface area contributed by atoms with Gasteiger partial charge in [-0.2, -0.15) is 11.8 Å². The van der Waals surface area contributed by atoms with Gasteiger partial charge >= 0.3 is 0 Å². The second kappa shape index (κ2) is 6.96. The van der Waals surface area contributed by atoms with Crippen molar-refractivity contribution >= 4 is 23.6 Å². The van der Waals surface area contributed by atoms with Crippen LogP contribution in [0.5, 0.6) is 0 Å². The van der Waals surface area contributed by atoms with E-state index in [1.807, 2.05) is 27.7 Å². The van der Waals surface area contributed by atoms with E-state index in [-0.39, 0.29) is 23.8 Å². The minimum atomic E-state index is -0.119. The van der Waals surface area contributed by atoms with E-state index < -0.39 is 0 Å². The fourth-order valence-corrected chi connectivity index (χ4v) is 2.15. The van der Waals surface area contributed by atoms with Crippen molar-refractivity contribution in [1.29, 1.82) is 0 Å². The highest BCUT2D eigenvalue weighted by molar-refractivity contribution is 7.99. The van der Waals surface area contributed by atoms with E-state index in [1.165, 1.54) is 11.8 Å². The lowest BCUT2D eigenvalue weighted by molar-refractivity contribution is -0.113. The lowest BCUT2D eigenvalue weighted by Crippen LogP contribution is -2.15. The molecule has 1 aromatic heterocycles. The summed E-state index contributed by atoms with van der Waals surface area (Å²) in [7, 11) is 0. The van der Waals surface area contributed by atoms with Gasteiger partial charge in [-0.15, -0.1) is 0 Å². The van der Waals surface area contributed by atoms with E-state index in [0.29, 0.717) is 11.6 Å². The molecule has 0 aromatic carbocycles. The molecule has 1 atom stereocenters. The van der Waals surface area contributed by atoms with Crippen molar-refractivity contribution < 1.29 is 14.4 Å². The fourth-order valence-electron chi connectivity index (χ4n) is 1.27. The first-order valence-electron chi connectivity index (χ1n) is 6.28. The van der Waals surface area contributed by atoms with E-state index in [2.05, 4.69) is 10.5 Å². The predicted molar refractivity (Wildman–Crippen MR) is 77.4 cm³/mol. The molecular weight excluding hydrogens is 264 g/mol. The fraction of sp³-hybridized carbons (Fsp3) is 0.692. The number of aliphatic hydroxyl groups is 1. The number of nitrogens with one attached hydrogen (secondary N) is 1. The Labute approximate surface area is 118 Å². The van der Waals surface area contributed by atoms with Gasteiger partial charge in [0.25, 0.3) is 0 Å². The van der Waals surface area contributed by atoms with E-state index in [4.69, 9.17) is 9.63 Å². The molecule has 19 heavy (non-hydrogen) atoms. The van der Waals surface area contributed by atoms with E-state index in [9.17, 15) is 4.79 Å². The summed E-state index contributed by atoms with van der Waals surface area (Å²) in [6.07, 6.45) is 0. The molecule has 0 aliphatic rings. The quantitative estimate of drug-likeness (QED) is 0.839. The topological polar surface area (TPSA) is 75.4 Å². The molecule has 1 heterocycles. The van der Waals surface area contributed by atoms with Gasteiger partial charge < -0.3 is 9.63 Å². The van der Waals surface area contributed by atoms with Gasteiger partial charge in [0.15, 0.2) is 0 Å². The highest BCUT2D eigenvalue weighted by Gasteiger charge is 2.19. The molecule has 2 N–H and O–H groups in total. The average Bonchev–Trinajstić information content (AvgIpc) is 2.77. The Hall–Kier alpha value is -1.01. The number of carbonyl (C=O) groups is 1. The lowest BCUT2D eigenvalue weighted by atomic mass is 9.92. The van der Waals surface area contributed by atoms with Gasteiger partial charge in [-0.05, 0) is 11.7 Å². The predicted octanol–water partition coefficient (Wildman–Crippen LogP) is 2.27. The molecule has 0 saturated carbocycles. The Balaban J connectivity index is 2.38. The molecule has 0 fully saturated rings. The first-order chi connectivity index (χ1) is 8.82. The van der Waals surface area contributed by atoms with Crippen LogP contribution in [0.3, 0.4) is 0 Å². The van der Waals surface area contributed by atoms with Crippen molar-refractivity contribution in [2.75, 3.05) is 23.4 Å². The zero-order chi connectivity index (χ0) is 14.5.